The summed E-state index contributed by atoms with van der Waals surface area (Å²) in [5.74, 6) is -0.692. The lowest BCUT2D eigenvalue weighted by Crippen LogP contribution is -2.45. The van der Waals surface area contributed by atoms with Crippen molar-refractivity contribution in [2.75, 3.05) is 12.3 Å². The van der Waals surface area contributed by atoms with Crippen LogP contribution < -0.4 is 10.6 Å². The van der Waals surface area contributed by atoms with E-state index in [2.05, 4.69) is 15.6 Å². The Hall–Kier alpha value is -2.35. The van der Waals surface area contributed by atoms with Crippen molar-refractivity contribution >= 4 is 32.6 Å². The van der Waals surface area contributed by atoms with Crippen molar-refractivity contribution in [3.8, 4) is 0 Å². The molecule has 24 heavy (non-hydrogen) atoms. The van der Waals surface area contributed by atoms with E-state index in [1.54, 1.807) is 13.0 Å². The van der Waals surface area contributed by atoms with Crippen molar-refractivity contribution in [3.63, 3.8) is 0 Å². The van der Waals surface area contributed by atoms with Gasteiger partial charge in [-0.3, -0.25) is 9.59 Å². The third-order valence-electron chi connectivity index (χ3n) is 4.38. The van der Waals surface area contributed by atoms with Gasteiger partial charge < -0.3 is 15.6 Å². The molecule has 1 aromatic heterocycles. The summed E-state index contributed by atoms with van der Waals surface area (Å²) < 4.78 is 23.3. The molecule has 1 aliphatic heterocycles. The summed E-state index contributed by atoms with van der Waals surface area (Å²) in [4.78, 5) is 27.0. The van der Waals surface area contributed by atoms with Gasteiger partial charge in [-0.15, -0.1) is 0 Å². The Morgan fingerprint density at radius 1 is 1.29 bits per heavy atom. The van der Waals surface area contributed by atoms with E-state index in [9.17, 15) is 18.0 Å². The Balaban J connectivity index is 1.55. The van der Waals surface area contributed by atoms with E-state index < -0.39 is 27.0 Å². The molecule has 0 saturated carbocycles. The third-order valence-corrected chi connectivity index (χ3v) is 6.64. The van der Waals surface area contributed by atoms with Gasteiger partial charge in [-0.1, -0.05) is 18.2 Å². The van der Waals surface area contributed by atoms with Crippen molar-refractivity contribution in [3.05, 3.63) is 36.0 Å². The van der Waals surface area contributed by atoms with Crippen LogP contribution in [0.3, 0.4) is 0 Å². The first kappa shape index (κ1) is 16.5. The average Bonchev–Trinajstić information content (AvgIpc) is 3.09. The minimum atomic E-state index is -3.12. The lowest BCUT2D eigenvalue weighted by molar-refractivity contribution is -0.120. The predicted octanol–water partition coefficient (Wildman–Crippen LogP) is 0.589. The first-order valence-electron chi connectivity index (χ1n) is 7.74. The zero-order valence-electron chi connectivity index (χ0n) is 13.2. The van der Waals surface area contributed by atoms with Gasteiger partial charge in [0.2, 0.25) is 5.91 Å². The SMILES string of the molecule is C[C@H]1[C@@H](NC(=O)CNC(=O)c2cc3ccccc3[nH]2)CCS1(=O)=O. The van der Waals surface area contributed by atoms with Crippen LogP contribution in [0.2, 0.25) is 0 Å². The van der Waals surface area contributed by atoms with Crippen molar-refractivity contribution in [1.82, 2.24) is 15.6 Å². The largest absolute Gasteiger partial charge is 0.351 e. The van der Waals surface area contributed by atoms with Crippen molar-refractivity contribution < 1.29 is 18.0 Å². The van der Waals surface area contributed by atoms with E-state index in [0.717, 1.165) is 10.9 Å². The van der Waals surface area contributed by atoms with Crippen LogP contribution in [0.4, 0.5) is 0 Å². The third kappa shape index (κ3) is 3.28. The lowest BCUT2D eigenvalue weighted by Gasteiger charge is -2.16. The minimum absolute atomic E-state index is 0.0839. The molecule has 128 valence electrons. The van der Waals surface area contributed by atoms with E-state index in [0.29, 0.717) is 12.1 Å². The summed E-state index contributed by atoms with van der Waals surface area (Å²) in [6.07, 6.45) is 0.408. The van der Waals surface area contributed by atoms with Gasteiger partial charge in [-0.25, -0.2) is 8.42 Å². The number of carbonyl (C=O) groups excluding carboxylic acids is 2. The molecule has 3 rings (SSSR count). The van der Waals surface area contributed by atoms with Gasteiger partial charge in [0.15, 0.2) is 9.84 Å². The standard InChI is InChI=1S/C16H19N3O4S/c1-10-12(6-7-24(10,22)23)19-15(20)9-17-16(21)14-8-11-4-2-3-5-13(11)18-14/h2-5,8,10,12,18H,6-7,9H2,1H3,(H,17,21)(H,19,20)/t10-,12-/m0/s1. The van der Waals surface area contributed by atoms with Crippen molar-refractivity contribution in [2.24, 2.45) is 0 Å². The van der Waals surface area contributed by atoms with Crippen LogP contribution >= 0.6 is 0 Å². The molecular weight excluding hydrogens is 330 g/mol. The lowest BCUT2D eigenvalue weighted by atomic mass is 10.2. The van der Waals surface area contributed by atoms with Gasteiger partial charge in [-0.05, 0) is 25.5 Å². The highest BCUT2D eigenvalue weighted by Gasteiger charge is 2.37. The molecule has 7 nitrogen and oxygen atoms in total. The highest BCUT2D eigenvalue weighted by Crippen LogP contribution is 2.20. The molecule has 1 fully saturated rings. The smallest absolute Gasteiger partial charge is 0.268 e. The van der Waals surface area contributed by atoms with Crippen LogP contribution in [0.25, 0.3) is 10.9 Å². The first-order chi connectivity index (χ1) is 11.4. The maximum atomic E-state index is 12.1. The van der Waals surface area contributed by atoms with Crippen LogP contribution in [0, 0.1) is 0 Å². The molecule has 2 amide bonds. The molecule has 2 aromatic rings. The maximum Gasteiger partial charge on any atom is 0.268 e. The Bertz CT molecular complexity index is 855. The Morgan fingerprint density at radius 2 is 2.04 bits per heavy atom. The molecule has 0 unspecified atom stereocenters. The number of para-hydroxylation sites is 1. The highest BCUT2D eigenvalue weighted by molar-refractivity contribution is 7.92. The number of nitrogens with one attached hydrogen (secondary N) is 3. The number of H-pyrrole nitrogens is 1. The number of aromatic nitrogens is 1. The number of benzene rings is 1. The van der Waals surface area contributed by atoms with Crippen LogP contribution in [0.15, 0.2) is 30.3 Å². The summed E-state index contributed by atoms with van der Waals surface area (Å²) in [5.41, 5.74) is 1.22. The normalized spacial score (nSPS) is 22.4. The molecule has 0 spiro atoms. The fourth-order valence-corrected chi connectivity index (χ4v) is 4.52. The predicted molar refractivity (Wildman–Crippen MR) is 90.4 cm³/mol. The molecule has 8 heteroatoms. The van der Waals surface area contributed by atoms with E-state index in [1.807, 2.05) is 24.3 Å². The summed E-state index contributed by atoms with van der Waals surface area (Å²) in [6.45, 7) is 1.40. The fraction of sp³-hybridized carbons (Fsp3) is 0.375. The molecular formula is C16H19N3O4S. The number of amides is 2. The molecule has 1 aliphatic rings. The molecule has 0 bridgehead atoms. The van der Waals surface area contributed by atoms with Gasteiger partial charge in [0.1, 0.15) is 5.69 Å². The summed E-state index contributed by atoms with van der Waals surface area (Å²) in [7, 11) is -3.12. The van der Waals surface area contributed by atoms with Crippen molar-refractivity contribution in [2.45, 2.75) is 24.6 Å². The monoisotopic (exact) mass is 349 g/mol. The number of hydrogen-bond acceptors (Lipinski definition) is 4. The van der Waals surface area contributed by atoms with Gasteiger partial charge in [0.25, 0.3) is 5.91 Å². The molecule has 2 heterocycles. The van der Waals surface area contributed by atoms with Crippen molar-refractivity contribution in [1.29, 1.82) is 0 Å². The Labute approximate surface area is 139 Å². The molecule has 1 saturated heterocycles. The van der Waals surface area contributed by atoms with Gasteiger partial charge in [-0.2, -0.15) is 0 Å². The van der Waals surface area contributed by atoms with Gasteiger partial charge >= 0.3 is 0 Å². The van der Waals surface area contributed by atoms with E-state index >= 15 is 0 Å². The second-order valence-corrected chi connectivity index (χ2v) is 8.47. The zero-order chi connectivity index (χ0) is 17.3. The summed E-state index contributed by atoms with van der Waals surface area (Å²) >= 11 is 0. The van der Waals surface area contributed by atoms with Crippen LogP contribution in [-0.4, -0.2) is 48.8 Å². The molecule has 0 radical (unpaired) electrons. The first-order valence-corrected chi connectivity index (χ1v) is 9.45. The zero-order valence-corrected chi connectivity index (χ0v) is 14.0. The van der Waals surface area contributed by atoms with Crippen LogP contribution in [-0.2, 0) is 14.6 Å². The Morgan fingerprint density at radius 3 is 2.71 bits per heavy atom. The highest BCUT2D eigenvalue weighted by atomic mass is 32.2. The number of rotatable bonds is 4. The van der Waals surface area contributed by atoms with Crippen LogP contribution in [0.5, 0.6) is 0 Å². The molecule has 2 atom stereocenters. The second-order valence-electron chi connectivity index (χ2n) is 5.99. The molecule has 0 aliphatic carbocycles. The number of fused-ring (bicyclic) bond motifs is 1. The van der Waals surface area contributed by atoms with E-state index in [-0.39, 0.29) is 18.2 Å². The number of aromatic amines is 1. The fourth-order valence-electron chi connectivity index (χ4n) is 2.86. The number of hydrogen-bond donors (Lipinski definition) is 3. The van der Waals surface area contributed by atoms with Gasteiger partial charge in [0, 0.05) is 16.9 Å². The quantitative estimate of drug-likeness (QED) is 0.751. The Kier molecular flexibility index (Phi) is 4.31. The second kappa shape index (κ2) is 6.27. The van der Waals surface area contributed by atoms with E-state index in [4.69, 9.17) is 0 Å². The van der Waals surface area contributed by atoms with Gasteiger partial charge in [0.05, 0.1) is 17.5 Å². The van der Waals surface area contributed by atoms with Crippen LogP contribution in [0.1, 0.15) is 23.8 Å². The number of sulfone groups is 1. The average molecular weight is 349 g/mol. The summed E-state index contributed by atoms with van der Waals surface area (Å²) in [5, 5.41) is 5.53. The molecule has 3 N–H and O–H groups in total. The maximum absolute atomic E-state index is 12.1. The van der Waals surface area contributed by atoms with E-state index in [1.165, 1.54) is 0 Å². The molecule has 1 aromatic carbocycles. The minimum Gasteiger partial charge on any atom is -0.351 e. The number of carbonyl (C=O) groups is 2. The topological polar surface area (TPSA) is 108 Å². The summed E-state index contributed by atoms with van der Waals surface area (Å²) in [6, 6.07) is 8.81.